The van der Waals surface area contributed by atoms with Gasteiger partial charge in [-0.15, -0.1) is 0 Å². The van der Waals surface area contributed by atoms with Crippen LogP contribution in [0.1, 0.15) is 60.9 Å². The molecule has 1 atom stereocenters. The van der Waals surface area contributed by atoms with Crippen LogP contribution in [0.25, 0.3) is 0 Å². The molecule has 252 valence electrons. The molecule has 3 N–H and O–H groups in total. The van der Waals surface area contributed by atoms with Crippen LogP contribution in [0.2, 0.25) is 10.0 Å². The summed E-state index contributed by atoms with van der Waals surface area (Å²) in [6.07, 6.45) is 4.78. The van der Waals surface area contributed by atoms with Crippen LogP contribution >= 0.6 is 23.2 Å². The van der Waals surface area contributed by atoms with Gasteiger partial charge in [-0.25, -0.2) is 0 Å². The number of nitrogens with zero attached hydrogens (tertiary/aromatic N) is 2. The average molecular weight is 679 g/mol. The number of amides is 2. The van der Waals surface area contributed by atoms with E-state index in [1.807, 2.05) is 12.1 Å². The fraction of sp³-hybridized carbons (Fsp3) is 0.588. The van der Waals surface area contributed by atoms with Gasteiger partial charge in [-0.3, -0.25) is 9.59 Å². The molecule has 2 amide bonds. The Hall–Kier alpha value is -2.76. The molecule has 0 spiro atoms. The summed E-state index contributed by atoms with van der Waals surface area (Å²) in [6, 6.07) is 8.81. The number of carbonyl (C=O) groups excluding carboxylic acids is 2. The van der Waals surface area contributed by atoms with Crippen molar-refractivity contribution in [3.63, 3.8) is 0 Å². The van der Waals surface area contributed by atoms with Crippen molar-refractivity contribution < 1.29 is 33.6 Å². The van der Waals surface area contributed by atoms with Gasteiger partial charge in [-0.2, -0.15) is 0 Å². The van der Waals surface area contributed by atoms with Gasteiger partial charge in [0.2, 0.25) is 11.7 Å². The number of likely N-dealkylation sites (tertiary alicyclic amines) is 1. The maximum Gasteiger partial charge on any atom is 0.254 e. The minimum absolute atomic E-state index is 0.186. The number of morpholine rings is 1. The van der Waals surface area contributed by atoms with Crippen molar-refractivity contribution in [2.45, 2.75) is 56.7 Å². The Labute approximate surface area is 281 Å². The van der Waals surface area contributed by atoms with Gasteiger partial charge in [0.05, 0.1) is 56.0 Å². The van der Waals surface area contributed by atoms with Crippen molar-refractivity contribution in [1.82, 2.24) is 9.80 Å². The number of rotatable bonds is 10. The first kappa shape index (κ1) is 34.6. The topological polar surface area (TPSA) is 124 Å². The van der Waals surface area contributed by atoms with Crippen molar-refractivity contribution in [3.8, 4) is 17.2 Å². The zero-order valence-electron chi connectivity index (χ0n) is 26.9. The SMILES string of the molecule is COc1cc(C(=O)N2CCOC(CCN3CCC(C(N)=O)(C4CCC(O)CC4)CC3)(c3ccc(Cl)c(Cl)c3)C2)cc(OC)c1OC. The first-order chi connectivity index (χ1) is 22.1. The second-order valence-electron chi connectivity index (χ2n) is 12.7. The molecule has 2 aromatic rings. The highest BCUT2D eigenvalue weighted by Gasteiger charge is 2.48. The van der Waals surface area contributed by atoms with Crippen LogP contribution < -0.4 is 19.9 Å². The number of carbonyl (C=O) groups is 2. The summed E-state index contributed by atoms with van der Waals surface area (Å²) < 4.78 is 23.0. The van der Waals surface area contributed by atoms with E-state index in [2.05, 4.69) is 4.90 Å². The number of aliphatic hydroxyl groups excluding tert-OH is 1. The smallest absolute Gasteiger partial charge is 0.254 e. The van der Waals surface area contributed by atoms with Crippen molar-refractivity contribution in [2.75, 3.05) is 60.7 Å². The van der Waals surface area contributed by atoms with Gasteiger partial charge < -0.3 is 39.6 Å². The van der Waals surface area contributed by atoms with E-state index in [0.29, 0.717) is 78.4 Å². The van der Waals surface area contributed by atoms with Gasteiger partial charge in [0.15, 0.2) is 11.5 Å². The fourth-order valence-corrected chi connectivity index (χ4v) is 7.89. The Morgan fingerprint density at radius 3 is 2.17 bits per heavy atom. The lowest BCUT2D eigenvalue weighted by molar-refractivity contribution is -0.137. The third-order valence-corrected chi connectivity index (χ3v) is 11.1. The van der Waals surface area contributed by atoms with Crippen molar-refractivity contribution in [1.29, 1.82) is 0 Å². The van der Waals surface area contributed by atoms with Crippen molar-refractivity contribution in [2.24, 2.45) is 17.1 Å². The van der Waals surface area contributed by atoms with Gasteiger partial charge in [0, 0.05) is 18.7 Å². The Bertz CT molecular complexity index is 1380. The highest BCUT2D eigenvalue weighted by molar-refractivity contribution is 6.42. The molecule has 5 rings (SSSR count). The van der Waals surface area contributed by atoms with Crippen LogP contribution in [0.4, 0.5) is 0 Å². The molecule has 0 radical (unpaired) electrons. The van der Waals surface area contributed by atoms with Crippen molar-refractivity contribution >= 4 is 35.0 Å². The molecule has 46 heavy (non-hydrogen) atoms. The Morgan fingerprint density at radius 1 is 0.957 bits per heavy atom. The number of benzene rings is 2. The number of methoxy groups -OCH3 is 3. The van der Waals surface area contributed by atoms with E-state index in [1.165, 1.54) is 21.3 Å². The lowest BCUT2D eigenvalue weighted by atomic mass is 9.63. The monoisotopic (exact) mass is 677 g/mol. The number of halogens is 2. The summed E-state index contributed by atoms with van der Waals surface area (Å²) in [5, 5.41) is 10.9. The van der Waals surface area contributed by atoms with Crippen LogP contribution in [0.15, 0.2) is 30.3 Å². The zero-order valence-corrected chi connectivity index (χ0v) is 28.4. The third kappa shape index (κ3) is 6.92. The van der Waals surface area contributed by atoms with Crippen LogP contribution in [0.3, 0.4) is 0 Å². The molecular weight excluding hydrogens is 633 g/mol. The lowest BCUT2D eigenvalue weighted by Crippen LogP contribution is -2.54. The first-order valence-corrected chi connectivity index (χ1v) is 16.7. The quantitative estimate of drug-likeness (QED) is 0.364. The molecule has 1 aliphatic carbocycles. The number of ether oxygens (including phenoxy) is 4. The normalized spacial score (nSPS) is 25.1. The van der Waals surface area contributed by atoms with E-state index in [0.717, 1.165) is 44.3 Å². The van der Waals surface area contributed by atoms with Gasteiger partial charge in [-0.1, -0.05) is 29.3 Å². The van der Waals surface area contributed by atoms with E-state index in [4.69, 9.17) is 47.9 Å². The molecule has 0 aromatic heterocycles. The standard InChI is InChI=1S/C34H45Cl2N3O7/c1-43-28-18-22(19-29(44-2)30(28)45-3)31(41)39-16-17-46-34(21-39,24-6-9-26(35)27(36)20-24)12-15-38-13-10-33(11-14-38,32(37)42)23-4-7-25(40)8-5-23/h6,9,18-20,23,25,40H,4-5,7-8,10-17,21H2,1-3H3,(H2,37,42). The summed E-state index contributed by atoms with van der Waals surface area (Å²) in [4.78, 5) is 31.0. The average Bonchev–Trinajstić information content (AvgIpc) is 3.08. The minimum atomic E-state index is -0.847. The molecule has 2 heterocycles. The van der Waals surface area contributed by atoms with Gasteiger partial charge in [0.25, 0.3) is 5.91 Å². The number of hydrogen-bond donors (Lipinski definition) is 2. The largest absolute Gasteiger partial charge is 0.493 e. The Balaban J connectivity index is 1.36. The molecule has 1 saturated carbocycles. The van der Waals surface area contributed by atoms with Crippen LogP contribution in [0.5, 0.6) is 17.2 Å². The van der Waals surface area contributed by atoms with E-state index in [9.17, 15) is 14.7 Å². The van der Waals surface area contributed by atoms with E-state index in [1.54, 1.807) is 23.1 Å². The zero-order chi connectivity index (χ0) is 33.1. The highest BCUT2D eigenvalue weighted by atomic mass is 35.5. The second-order valence-corrected chi connectivity index (χ2v) is 13.5. The van der Waals surface area contributed by atoms with Crippen LogP contribution in [-0.4, -0.2) is 93.5 Å². The molecule has 1 unspecified atom stereocenters. The highest BCUT2D eigenvalue weighted by Crippen LogP contribution is 2.46. The minimum Gasteiger partial charge on any atom is -0.493 e. The van der Waals surface area contributed by atoms with E-state index < -0.39 is 11.0 Å². The van der Waals surface area contributed by atoms with E-state index in [-0.39, 0.29) is 23.8 Å². The molecule has 0 bridgehead atoms. The molecule has 2 saturated heterocycles. The summed E-state index contributed by atoms with van der Waals surface area (Å²) >= 11 is 12.8. The molecule has 12 heteroatoms. The summed E-state index contributed by atoms with van der Waals surface area (Å²) in [6.45, 7) is 3.17. The number of aliphatic hydroxyl groups is 1. The molecule has 2 aromatic carbocycles. The molecular formula is C34H45Cl2N3O7. The van der Waals surface area contributed by atoms with Gasteiger partial charge >= 0.3 is 0 Å². The molecule has 3 fully saturated rings. The molecule has 10 nitrogen and oxygen atoms in total. The summed E-state index contributed by atoms with van der Waals surface area (Å²) in [5.74, 6) is 1.00. The fourth-order valence-electron chi connectivity index (χ4n) is 7.59. The van der Waals surface area contributed by atoms with Gasteiger partial charge in [0.1, 0.15) is 5.60 Å². The number of piperidine rings is 1. The number of primary amides is 1. The van der Waals surface area contributed by atoms with Crippen LogP contribution in [-0.2, 0) is 15.1 Å². The Kier molecular flexibility index (Phi) is 10.9. The second kappa shape index (κ2) is 14.6. The molecule has 3 aliphatic rings. The van der Waals surface area contributed by atoms with Crippen molar-refractivity contribution in [3.05, 3.63) is 51.5 Å². The number of nitrogens with two attached hydrogens (primary N) is 1. The van der Waals surface area contributed by atoms with Gasteiger partial charge in [-0.05, 0) is 93.8 Å². The molecule has 2 aliphatic heterocycles. The predicted octanol–water partition coefficient (Wildman–Crippen LogP) is 4.90. The maximum atomic E-state index is 14.0. The third-order valence-electron chi connectivity index (χ3n) is 10.4. The summed E-state index contributed by atoms with van der Waals surface area (Å²) in [7, 11) is 4.55. The number of hydrogen-bond acceptors (Lipinski definition) is 8. The maximum absolute atomic E-state index is 14.0. The van der Waals surface area contributed by atoms with Crippen LogP contribution in [0, 0.1) is 11.3 Å². The Morgan fingerprint density at radius 2 is 1.61 bits per heavy atom. The predicted molar refractivity (Wildman–Crippen MR) is 176 cm³/mol. The lowest BCUT2D eigenvalue weighted by Gasteiger charge is -2.48. The summed E-state index contributed by atoms with van der Waals surface area (Å²) in [5.41, 5.74) is 5.91. The first-order valence-electron chi connectivity index (χ1n) is 15.9. The van der Waals surface area contributed by atoms with E-state index >= 15 is 0 Å².